The van der Waals surface area contributed by atoms with Gasteiger partial charge in [-0.15, -0.1) is 0 Å². The molecule has 236 valence electrons. The van der Waals surface area contributed by atoms with E-state index in [-0.39, 0.29) is 81.5 Å². The van der Waals surface area contributed by atoms with Crippen molar-refractivity contribution in [3.05, 3.63) is 36.5 Å². The number of carbonyl (C=O) groups is 6. The van der Waals surface area contributed by atoms with E-state index in [4.69, 9.17) is 28.4 Å². The van der Waals surface area contributed by atoms with Crippen LogP contribution in [0.25, 0.3) is 0 Å². The fourth-order valence-corrected chi connectivity index (χ4v) is 6.76. The zero-order valence-corrected chi connectivity index (χ0v) is 25.1. The molecule has 43 heavy (non-hydrogen) atoms. The minimum absolute atomic E-state index is 0.108. The quantitative estimate of drug-likeness (QED) is 0.117. The van der Waals surface area contributed by atoms with E-state index in [2.05, 4.69) is 19.7 Å². The fraction of sp³-hybridized carbons (Fsp3) is 0.613. The molecule has 4 bridgehead atoms. The molecule has 0 atom stereocenters. The molecule has 0 saturated heterocycles. The number of ether oxygens (including phenoxy) is 6. The van der Waals surface area contributed by atoms with Gasteiger partial charge in [0.05, 0.1) is 16.2 Å². The summed E-state index contributed by atoms with van der Waals surface area (Å²) in [7, 11) is 0. The van der Waals surface area contributed by atoms with E-state index >= 15 is 0 Å². The summed E-state index contributed by atoms with van der Waals surface area (Å²) in [6, 6.07) is 0. The first-order valence-electron chi connectivity index (χ1n) is 14.1. The van der Waals surface area contributed by atoms with Crippen LogP contribution in [0.3, 0.4) is 0 Å². The van der Waals surface area contributed by atoms with Crippen molar-refractivity contribution in [2.45, 2.75) is 59.3 Å². The predicted octanol–water partition coefficient (Wildman–Crippen LogP) is 2.93. The Bertz CT molecular complexity index is 1060. The standard InChI is InChI=1S/C31H40O12/c1-19(2)23(32)38-7-10-41-26(35)29-13-22-14-30(16-29,27(36)42-11-8-39-24(33)20(3)4)18-31(15-22,17-29)28(37)43-12-9-40-25(34)21(5)6/h22H,1,3,5,7-18H2,2,4,6H3. The first-order valence-corrected chi connectivity index (χ1v) is 14.1. The Hall–Kier alpha value is -3.96. The highest BCUT2D eigenvalue weighted by atomic mass is 16.6. The summed E-state index contributed by atoms with van der Waals surface area (Å²) in [5, 5.41) is 0. The van der Waals surface area contributed by atoms with Crippen LogP contribution >= 0.6 is 0 Å². The lowest BCUT2D eigenvalue weighted by molar-refractivity contribution is -0.217. The Morgan fingerprint density at radius 2 is 0.721 bits per heavy atom. The number of carbonyl (C=O) groups excluding carboxylic acids is 6. The molecule has 0 aromatic rings. The molecular formula is C31H40O12. The van der Waals surface area contributed by atoms with Crippen molar-refractivity contribution in [3.8, 4) is 0 Å². The van der Waals surface area contributed by atoms with Gasteiger partial charge in [-0.1, -0.05) is 19.7 Å². The molecule has 4 fully saturated rings. The molecular weight excluding hydrogens is 564 g/mol. The van der Waals surface area contributed by atoms with Crippen molar-refractivity contribution < 1.29 is 57.2 Å². The van der Waals surface area contributed by atoms with Crippen LogP contribution in [0, 0.1) is 22.2 Å². The highest BCUT2D eigenvalue weighted by molar-refractivity contribution is 5.89. The molecule has 4 aliphatic rings. The first-order chi connectivity index (χ1) is 20.2. The molecule has 0 unspecified atom stereocenters. The summed E-state index contributed by atoms with van der Waals surface area (Å²) in [4.78, 5) is 75.8. The summed E-state index contributed by atoms with van der Waals surface area (Å²) >= 11 is 0. The van der Waals surface area contributed by atoms with Crippen LogP contribution in [0.1, 0.15) is 59.3 Å². The van der Waals surface area contributed by atoms with Crippen LogP contribution < -0.4 is 0 Å². The van der Waals surface area contributed by atoms with Crippen molar-refractivity contribution in [2.75, 3.05) is 39.6 Å². The molecule has 12 heteroatoms. The van der Waals surface area contributed by atoms with Crippen molar-refractivity contribution in [1.82, 2.24) is 0 Å². The molecule has 0 radical (unpaired) electrons. The van der Waals surface area contributed by atoms with Crippen LogP contribution in [0.2, 0.25) is 0 Å². The summed E-state index contributed by atoms with van der Waals surface area (Å²) < 4.78 is 31.6. The number of esters is 6. The van der Waals surface area contributed by atoms with Gasteiger partial charge in [0, 0.05) is 16.7 Å². The van der Waals surface area contributed by atoms with Crippen molar-refractivity contribution in [2.24, 2.45) is 22.2 Å². The summed E-state index contributed by atoms with van der Waals surface area (Å²) in [5.41, 5.74) is -2.90. The summed E-state index contributed by atoms with van der Waals surface area (Å²) in [6.45, 7) is 13.8. The van der Waals surface area contributed by atoms with Gasteiger partial charge in [0.2, 0.25) is 0 Å². The SMILES string of the molecule is C=C(C)C(=O)OCCOC(=O)C12CC3CC(C(=O)OCCOC(=O)C(=C)C)(C1)CC(C(=O)OCCOC(=O)C(=C)C)(C3)C2. The van der Waals surface area contributed by atoms with E-state index in [1.54, 1.807) is 0 Å². The van der Waals surface area contributed by atoms with Gasteiger partial charge >= 0.3 is 35.8 Å². The zero-order valence-electron chi connectivity index (χ0n) is 25.1. The van der Waals surface area contributed by atoms with Gasteiger partial charge < -0.3 is 28.4 Å². The van der Waals surface area contributed by atoms with E-state index in [1.165, 1.54) is 20.8 Å². The van der Waals surface area contributed by atoms with Crippen LogP contribution in [0.4, 0.5) is 0 Å². The Labute approximate surface area is 250 Å². The largest absolute Gasteiger partial charge is 0.462 e. The molecule has 4 rings (SSSR count). The molecule has 0 heterocycles. The Kier molecular flexibility index (Phi) is 10.6. The normalized spacial score (nSPS) is 26.4. The van der Waals surface area contributed by atoms with E-state index in [0.29, 0.717) is 19.3 Å². The van der Waals surface area contributed by atoms with Crippen molar-refractivity contribution in [3.63, 3.8) is 0 Å². The number of hydrogen-bond acceptors (Lipinski definition) is 12. The second-order valence-corrected chi connectivity index (χ2v) is 12.0. The van der Waals surface area contributed by atoms with Gasteiger partial charge in [0.25, 0.3) is 0 Å². The van der Waals surface area contributed by atoms with Gasteiger partial charge in [-0.3, -0.25) is 14.4 Å². The maximum Gasteiger partial charge on any atom is 0.333 e. The molecule has 4 saturated carbocycles. The van der Waals surface area contributed by atoms with E-state index < -0.39 is 52.1 Å². The summed E-state index contributed by atoms with van der Waals surface area (Å²) in [5.74, 6) is -3.80. The van der Waals surface area contributed by atoms with Crippen LogP contribution in [-0.4, -0.2) is 75.5 Å². The van der Waals surface area contributed by atoms with Crippen LogP contribution in [0.5, 0.6) is 0 Å². The van der Waals surface area contributed by atoms with Gasteiger partial charge in [-0.25, -0.2) is 14.4 Å². The highest BCUT2D eigenvalue weighted by Crippen LogP contribution is 2.70. The molecule has 0 spiro atoms. The lowest BCUT2D eigenvalue weighted by Gasteiger charge is -2.63. The van der Waals surface area contributed by atoms with Gasteiger partial charge in [0.15, 0.2) is 0 Å². The molecule has 12 nitrogen and oxygen atoms in total. The van der Waals surface area contributed by atoms with Crippen molar-refractivity contribution in [1.29, 1.82) is 0 Å². The lowest BCUT2D eigenvalue weighted by Crippen LogP contribution is -2.64. The van der Waals surface area contributed by atoms with Crippen LogP contribution in [-0.2, 0) is 57.2 Å². The second-order valence-electron chi connectivity index (χ2n) is 12.0. The van der Waals surface area contributed by atoms with Crippen LogP contribution in [0.15, 0.2) is 36.5 Å². The lowest BCUT2D eigenvalue weighted by atomic mass is 9.39. The summed E-state index contributed by atoms with van der Waals surface area (Å²) in [6.07, 6.45) is 1.55. The van der Waals surface area contributed by atoms with Gasteiger partial charge in [-0.05, 0) is 65.2 Å². The predicted molar refractivity (Wildman–Crippen MR) is 149 cm³/mol. The fourth-order valence-electron chi connectivity index (χ4n) is 6.76. The molecule has 0 aromatic heterocycles. The molecule has 0 aliphatic heterocycles. The van der Waals surface area contributed by atoms with E-state index in [9.17, 15) is 28.8 Å². The highest BCUT2D eigenvalue weighted by Gasteiger charge is 2.71. The van der Waals surface area contributed by atoms with E-state index in [0.717, 1.165) is 0 Å². The monoisotopic (exact) mass is 604 g/mol. The number of hydrogen-bond donors (Lipinski definition) is 0. The first kappa shape index (κ1) is 33.5. The Morgan fingerprint density at radius 1 is 0.488 bits per heavy atom. The maximum atomic E-state index is 13.6. The molecule has 0 aromatic carbocycles. The second kappa shape index (κ2) is 13.6. The minimum Gasteiger partial charge on any atom is -0.462 e. The molecule has 0 amide bonds. The average Bonchev–Trinajstić information content (AvgIpc) is 2.93. The topological polar surface area (TPSA) is 158 Å². The Balaban J connectivity index is 1.76. The molecule has 4 aliphatic carbocycles. The van der Waals surface area contributed by atoms with E-state index in [1.807, 2.05) is 0 Å². The van der Waals surface area contributed by atoms with Crippen molar-refractivity contribution >= 4 is 35.8 Å². The maximum absolute atomic E-state index is 13.6. The van der Waals surface area contributed by atoms with Gasteiger partial charge in [-0.2, -0.15) is 0 Å². The average molecular weight is 605 g/mol. The smallest absolute Gasteiger partial charge is 0.333 e. The third kappa shape index (κ3) is 7.71. The number of rotatable bonds is 15. The third-order valence-electron chi connectivity index (χ3n) is 8.06. The minimum atomic E-state index is -1.17. The van der Waals surface area contributed by atoms with Gasteiger partial charge in [0.1, 0.15) is 39.6 Å². The third-order valence-corrected chi connectivity index (χ3v) is 8.06. The Morgan fingerprint density at radius 3 is 0.953 bits per heavy atom. The molecule has 0 N–H and O–H groups in total. The zero-order chi connectivity index (χ0) is 32.0.